The van der Waals surface area contributed by atoms with Crippen LogP contribution in [0.2, 0.25) is 0 Å². The Morgan fingerprint density at radius 2 is 1.82 bits per heavy atom. The highest BCUT2D eigenvalue weighted by Gasteiger charge is 2.01. The van der Waals surface area contributed by atoms with Gasteiger partial charge in [-0.15, -0.1) is 0 Å². The maximum absolute atomic E-state index is 3.47. The fourth-order valence-corrected chi connectivity index (χ4v) is 1.36. The van der Waals surface area contributed by atoms with Crippen molar-refractivity contribution in [2.24, 2.45) is 0 Å². The molecule has 1 aromatic rings. The Labute approximate surface area is 76.8 Å². The molecule has 0 radical (unpaired) electrons. The van der Waals surface area contributed by atoms with Crippen molar-refractivity contribution in [1.82, 2.24) is 0 Å². The van der Waals surface area contributed by atoms with Gasteiger partial charge in [0.15, 0.2) is 0 Å². The number of alkyl halides is 1. The van der Waals surface area contributed by atoms with E-state index < -0.39 is 0 Å². The van der Waals surface area contributed by atoms with Gasteiger partial charge in [-0.3, -0.25) is 0 Å². The Balaban J connectivity index is 2.81. The van der Waals surface area contributed by atoms with Crippen LogP contribution < -0.4 is 0 Å². The Bertz CT molecular complexity index is 213. The Hall–Kier alpha value is -0.300. The van der Waals surface area contributed by atoms with Crippen molar-refractivity contribution in [1.29, 1.82) is 0 Å². The number of hydrogen-bond donors (Lipinski definition) is 0. The molecule has 0 aliphatic carbocycles. The van der Waals surface area contributed by atoms with Crippen molar-refractivity contribution in [3.63, 3.8) is 0 Å². The minimum Gasteiger partial charge on any atom is -0.0922 e. The van der Waals surface area contributed by atoms with Crippen LogP contribution in [0.1, 0.15) is 24.0 Å². The zero-order valence-electron chi connectivity index (χ0n) is 6.97. The van der Waals surface area contributed by atoms with Crippen LogP contribution in [0, 0.1) is 6.92 Å². The van der Waals surface area contributed by atoms with Gasteiger partial charge in [-0.05, 0) is 18.4 Å². The molecule has 0 aliphatic heterocycles. The maximum Gasteiger partial charge on any atom is 0.00975 e. The van der Waals surface area contributed by atoms with Gasteiger partial charge in [0.05, 0.1) is 0 Å². The average molecular weight is 213 g/mol. The van der Waals surface area contributed by atoms with E-state index in [2.05, 4.69) is 54.0 Å². The first-order valence-corrected chi connectivity index (χ1v) is 4.98. The molecule has 0 nitrogen and oxygen atoms in total. The second-order valence-corrected chi connectivity index (χ2v) is 3.61. The minimum atomic E-state index is 0.621. The van der Waals surface area contributed by atoms with Crippen LogP contribution in [0.3, 0.4) is 0 Å². The molecule has 0 saturated heterocycles. The molecule has 1 heteroatoms. The third-order valence-corrected chi connectivity index (χ3v) is 2.85. The van der Waals surface area contributed by atoms with Crippen molar-refractivity contribution in [2.75, 3.05) is 5.33 Å². The molecule has 0 saturated carbocycles. The molecule has 0 N–H and O–H groups in total. The fourth-order valence-electron chi connectivity index (χ4n) is 0.984. The van der Waals surface area contributed by atoms with Crippen LogP contribution in [-0.2, 0) is 0 Å². The van der Waals surface area contributed by atoms with E-state index in [1.165, 1.54) is 11.1 Å². The highest BCUT2D eigenvalue weighted by Crippen LogP contribution is 2.17. The Kier molecular flexibility index (Phi) is 3.13. The lowest BCUT2D eigenvalue weighted by atomic mass is 10.0. The fraction of sp³-hybridized carbons (Fsp3) is 0.400. The van der Waals surface area contributed by atoms with Crippen molar-refractivity contribution in [2.45, 2.75) is 19.8 Å². The van der Waals surface area contributed by atoms with Crippen LogP contribution in [-0.4, -0.2) is 5.33 Å². The van der Waals surface area contributed by atoms with E-state index in [-0.39, 0.29) is 0 Å². The van der Waals surface area contributed by atoms with Crippen molar-refractivity contribution < 1.29 is 0 Å². The molecule has 0 unspecified atom stereocenters. The Morgan fingerprint density at radius 3 is 2.27 bits per heavy atom. The van der Waals surface area contributed by atoms with Crippen molar-refractivity contribution in [3.05, 3.63) is 35.4 Å². The molecule has 0 aromatic heterocycles. The number of rotatable bonds is 2. The van der Waals surface area contributed by atoms with Gasteiger partial charge in [-0.2, -0.15) is 0 Å². The van der Waals surface area contributed by atoms with Crippen molar-refractivity contribution in [3.8, 4) is 0 Å². The van der Waals surface area contributed by atoms with E-state index >= 15 is 0 Å². The molecule has 0 spiro atoms. The summed E-state index contributed by atoms with van der Waals surface area (Å²) in [4.78, 5) is 0. The monoisotopic (exact) mass is 212 g/mol. The summed E-state index contributed by atoms with van der Waals surface area (Å²) in [5.74, 6) is 0.621. The SMILES string of the molecule is Cc1ccc([C@H](C)CBr)cc1. The van der Waals surface area contributed by atoms with E-state index in [9.17, 15) is 0 Å². The van der Waals surface area contributed by atoms with Gasteiger partial charge in [0, 0.05) is 5.33 Å². The minimum absolute atomic E-state index is 0.621. The maximum atomic E-state index is 3.47. The first kappa shape index (κ1) is 8.79. The summed E-state index contributed by atoms with van der Waals surface area (Å²) < 4.78 is 0. The summed E-state index contributed by atoms with van der Waals surface area (Å²) in [6.07, 6.45) is 0. The molecule has 1 aromatic carbocycles. The molecule has 1 rings (SSSR count). The summed E-state index contributed by atoms with van der Waals surface area (Å²) in [5, 5.41) is 1.04. The molecule has 1 atom stereocenters. The first-order valence-electron chi connectivity index (χ1n) is 3.86. The van der Waals surface area contributed by atoms with E-state index in [0.717, 1.165) is 5.33 Å². The van der Waals surface area contributed by atoms with Gasteiger partial charge < -0.3 is 0 Å². The van der Waals surface area contributed by atoms with E-state index in [0.29, 0.717) is 5.92 Å². The first-order chi connectivity index (χ1) is 5.24. The average Bonchev–Trinajstić information content (AvgIpc) is 2.05. The largest absolute Gasteiger partial charge is 0.0922 e. The Morgan fingerprint density at radius 1 is 1.27 bits per heavy atom. The summed E-state index contributed by atoms with van der Waals surface area (Å²) in [5.41, 5.74) is 2.74. The second-order valence-electron chi connectivity index (χ2n) is 2.97. The van der Waals surface area contributed by atoms with Crippen LogP contribution in [0.25, 0.3) is 0 Å². The lowest BCUT2D eigenvalue weighted by molar-refractivity contribution is 0.887. The molecular weight excluding hydrogens is 200 g/mol. The number of aryl methyl sites for hydroxylation is 1. The zero-order valence-corrected chi connectivity index (χ0v) is 8.56. The third-order valence-electron chi connectivity index (χ3n) is 1.88. The molecular formula is C10H13Br. The molecule has 11 heavy (non-hydrogen) atoms. The van der Waals surface area contributed by atoms with Gasteiger partial charge in [0.25, 0.3) is 0 Å². The van der Waals surface area contributed by atoms with E-state index in [4.69, 9.17) is 0 Å². The van der Waals surface area contributed by atoms with Gasteiger partial charge in [0.2, 0.25) is 0 Å². The number of benzene rings is 1. The van der Waals surface area contributed by atoms with E-state index in [1.807, 2.05) is 0 Å². The molecule has 60 valence electrons. The lowest BCUT2D eigenvalue weighted by Crippen LogP contribution is -1.93. The van der Waals surface area contributed by atoms with Gasteiger partial charge in [-0.25, -0.2) is 0 Å². The molecule has 0 bridgehead atoms. The molecule has 0 amide bonds. The molecule has 0 heterocycles. The highest BCUT2D eigenvalue weighted by atomic mass is 79.9. The summed E-state index contributed by atoms with van der Waals surface area (Å²) in [6, 6.07) is 8.71. The standard InChI is InChI=1S/C10H13Br/c1-8-3-5-10(6-4-8)9(2)7-11/h3-6,9H,7H2,1-2H3/t9-/m1/s1. The van der Waals surface area contributed by atoms with Crippen molar-refractivity contribution >= 4 is 15.9 Å². The number of hydrogen-bond acceptors (Lipinski definition) is 0. The zero-order chi connectivity index (χ0) is 8.27. The highest BCUT2D eigenvalue weighted by molar-refractivity contribution is 9.09. The predicted octanol–water partition coefficient (Wildman–Crippen LogP) is 3.49. The van der Waals surface area contributed by atoms with Crippen LogP contribution in [0.5, 0.6) is 0 Å². The van der Waals surface area contributed by atoms with E-state index in [1.54, 1.807) is 0 Å². The quantitative estimate of drug-likeness (QED) is 0.659. The summed E-state index contributed by atoms with van der Waals surface area (Å²) >= 11 is 3.47. The third kappa shape index (κ3) is 2.33. The van der Waals surface area contributed by atoms with Gasteiger partial charge in [-0.1, -0.05) is 52.7 Å². The van der Waals surface area contributed by atoms with Crippen LogP contribution in [0.15, 0.2) is 24.3 Å². The topological polar surface area (TPSA) is 0 Å². The van der Waals surface area contributed by atoms with Crippen LogP contribution in [0.4, 0.5) is 0 Å². The van der Waals surface area contributed by atoms with Gasteiger partial charge in [0.1, 0.15) is 0 Å². The smallest absolute Gasteiger partial charge is 0.00975 e. The van der Waals surface area contributed by atoms with Gasteiger partial charge >= 0.3 is 0 Å². The van der Waals surface area contributed by atoms with Crippen LogP contribution >= 0.6 is 15.9 Å². The summed E-state index contributed by atoms with van der Waals surface area (Å²) in [6.45, 7) is 4.34. The molecule has 0 fully saturated rings. The second kappa shape index (κ2) is 3.91. The normalized spacial score (nSPS) is 13.0. The summed E-state index contributed by atoms with van der Waals surface area (Å²) in [7, 11) is 0. The number of halogens is 1. The predicted molar refractivity (Wildman–Crippen MR) is 53.4 cm³/mol. The lowest BCUT2D eigenvalue weighted by Gasteiger charge is -2.07. The molecule has 0 aliphatic rings.